The Morgan fingerprint density at radius 3 is 2.52 bits per heavy atom. The van der Waals surface area contributed by atoms with E-state index in [1.54, 1.807) is 11.3 Å². The summed E-state index contributed by atoms with van der Waals surface area (Å²) in [6, 6.07) is 7.90. The first-order valence-electron chi connectivity index (χ1n) is 8.69. The lowest BCUT2D eigenvalue weighted by atomic mass is 10.1. The highest BCUT2D eigenvalue weighted by atomic mass is 32.1. The molecule has 0 bridgehead atoms. The van der Waals surface area contributed by atoms with Crippen molar-refractivity contribution in [3.63, 3.8) is 0 Å². The highest BCUT2D eigenvalue weighted by molar-refractivity contribution is 7.11. The third-order valence-corrected chi connectivity index (χ3v) is 5.07. The maximum absolute atomic E-state index is 10.3. The fourth-order valence-corrected chi connectivity index (χ4v) is 3.28. The van der Waals surface area contributed by atoms with Crippen molar-refractivity contribution in [2.24, 2.45) is 4.99 Å². The number of aryl methyl sites for hydroxylation is 3. The number of nitrogens with zero attached hydrogens (tertiary/aromatic N) is 2. The summed E-state index contributed by atoms with van der Waals surface area (Å²) in [6.45, 7) is 10.1. The third-order valence-electron chi connectivity index (χ3n) is 3.93. The van der Waals surface area contributed by atoms with Gasteiger partial charge in [0.2, 0.25) is 0 Å². The van der Waals surface area contributed by atoms with Gasteiger partial charge in [-0.15, -0.1) is 11.3 Å². The lowest BCUT2D eigenvalue weighted by molar-refractivity contribution is 0.187. The van der Waals surface area contributed by atoms with Crippen LogP contribution in [-0.2, 0) is 6.42 Å². The zero-order chi connectivity index (χ0) is 18.2. The number of hydrogen-bond acceptors (Lipinski definition) is 4. The van der Waals surface area contributed by atoms with Gasteiger partial charge in [0.25, 0.3) is 0 Å². The molecule has 1 aromatic heterocycles. The third kappa shape index (κ3) is 6.14. The largest absolute Gasteiger partial charge is 0.386 e. The fourth-order valence-electron chi connectivity index (χ4n) is 2.35. The van der Waals surface area contributed by atoms with Gasteiger partial charge in [0.05, 0.1) is 23.4 Å². The first-order valence-corrected chi connectivity index (χ1v) is 9.51. The van der Waals surface area contributed by atoms with Gasteiger partial charge in [-0.2, -0.15) is 0 Å². The second kappa shape index (κ2) is 9.53. The first kappa shape index (κ1) is 19.4. The number of guanidine groups is 1. The standard InChI is InChI=1S/C19H28N4OS/c1-5-20-19(21-11-10-18-23-14(3)15(4)25-18)22-12-17(24)16-8-6-13(2)7-9-16/h6-9,17,24H,5,10-12H2,1-4H3,(H2,20,21,22). The maximum atomic E-state index is 10.3. The van der Waals surface area contributed by atoms with Crippen LogP contribution in [0.4, 0.5) is 0 Å². The average Bonchev–Trinajstić information content (AvgIpc) is 2.91. The molecule has 2 rings (SSSR count). The molecule has 5 nitrogen and oxygen atoms in total. The van der Waals surface area contributed by atoms with E-state index in [0.717, 1.165) is 41.7 Å². The minimum Gasteiger partial charge on any atom is -0.386 e. The zero-order valence-electron chi connectivity index (χ0n) is 15.5. The van der Waals surface area contributed by atoms with Crippen LogP contribution < -0.4 is 10.6 Å². The summed E-state index contributed by atoms with van der Waals surface area (Å²) >= 11 is 1.74. The summed E-state index contributed by atoms with van der Waals surface area (Å²) in [5, 5.41) is 18.0. The monoisotopic (exact) mass is 360 g/mol. The van der Waals surface area contributed by atoms with E-state index in [4.69, 9.17) is 0 Å². The number of hydrogen-bond donors (Lipinski definition) is 3. The van der Waals surface area contributed by atoms with Crippen molar-refractivity contribution in [1.82, 2.24) is 15.6 Å². The van der Waals surface area contributed by atoms with Crippen molar-refractivity contribution in [3.8, 4) is 0 Å². The molecule has 1 aromatic carbocycles. The van der Waals surface area contributed by atoms with Gasteiger partial charge in [-0.25, -0.2) is 4.98 Å². The molecule has 1 unspecified atom stereocenters. The summed E-state index contributed by atoms with van der Waals surface area (Å²) in [6.07, 6.45) is 0.268. The molecule has 0 spiro atoms. The van der Waals surface area contributed by atoms with E-state index >= 15 is 0 Å². The van der Waals surface area contributed by atoms with Crippen LogP contribution in [-0.4, -0.2) is 35.7 Å². The van der Waals surface area contributed by atoms with Crippen LogP contribution in [0.3, 0.4) is 0 Å². The topological polar surface area (TPSA) is 69.5 Å². The van der Waals surface area contributed by atoms with Crippen molar-refractivity contribution < 1.29 is 5.11 Å². The number of thiazole rings is 1. The zero-order valence-corrected chi connectivity index (χ0v) is 16.3. The Labute approximate surface area is 154 Å². The van der Waals surface area contributed by atoms with E-state index in [2.05, 4.69) is 27.5 Å². The predicted octanol–water partition coefficient (Wildman–Crippen LogP) is 2.90. The van der Waals surface area contributed by atoms with Crippen LogP contribution in [0, 0.1) is 20.8 Å². The minimum atomic E-state index is -0.597. The molecule has 25 heavy (non-hydrogen) atoms. The summed E-state index contributed by atoms with van der Waals surface area (Å²) in [4.78, 5) is 10.3. The van der Waals surface area contributed by atoms with E-state index in [1.165, 1.54) is 10.4 Å². The molecule has 0 aliphatic rings. The van der Waals surface area contributed by atoms with Crippen molar-refractivity contribution in [3.05, 3.63) is 51.0 Å². The van der Waals surface area contributed by atoms with Crippen molar-refractivity contribution in [2.45, 2.75) is 40.2 Å². The minimum absolute atomic E-state index is 0.327. The van der Waals surface area contributed by atoms with Gasteiger partial charge in [-0.3, -0.25) is 4.99 Å². The SMILES string of the molecule is CCNC(=NCC(O)c1ccc(C)cc1)NCCc1nc(C)c(C)s1. The molecule has 136 valence electrons. The number of rotatable bonds is 7. The number of aromatic nitrogens is 1. The first-order chi connectivity index (χ1) is 12.0. The molecule has 0 fully saturated rings. The Morgan fingerprint density at radius 2 is 1.92 bits per heavy atom. The highest BCUT2D eigenvalue weighted by Crippen LogP contribution is 2.16. The Balaban J connectivity index is 1.87. The van der Waals surface area contributed by atoms with Crippen molar-refractivity contribution >= 4 is 17.3 Å². The highest BCUT2D eigenvalue weighted by Gasteiger charge is 2.08. The summed E-state index contributed by atoms with van der Waals surface area (Å²) in [5.74, 6) is 0.721. The number of aliphatic imine (C=N–C) groups is 1. The van der Waals surface area contributed by atoms with Gasteiger partial charge in [0.15, 0.2) is 5.96 Å². The molecule has 0 aliphatic carbocycles. The van der Waals surface area contributed by atoms with E-state index in [1.807, 2.05) is 45.0 Å². The van der Waals surface area contributed by atoms with Gasteiger partial charge in [-0.05, 0) is 33.3 Å². The Morgan fingerprint density at radius 1 is 1.20 bits per heavy atom. The normalized spacial score (nSPS) is 12.9. The molecule has 0 aliphatic heterocycles. The molecule has 0 amide bonds. The summed E-state index contributed by atoms with van der Waals surface area (Å²) in [7, 11) is 0. The fraction of sp³-hybridized carbons (Fsp3) is 0.474. The van der Waals surface area contributed by atoms with Crippen LogP contribution in [0.15, 0.2) is 29.3 Å². The Bertz CT molecular complexity index is 674. The van der Waals surface area contributed by atoms with Crippen LogP contribution in [0.5, 0.6) is 0 Å². The maximum Gasteiger partial charge on any atom is 0.191 e. The lowest BCUT2D eigenvalue weighted by Gasteiger charge is -2.13. The molecule has 3 N–H and O–H groups in total. The molecule has 6 heteroatoms. The molecule has 1 atom stereocenters. The number of aliphatic hydroxyl groups is 1. The number of benzene rings is 1. The van der Waals surface area contributed by atoms with Gasteiger partial charge in [0, 0.05) is 24.4 Å². The molecule has 0 saturated heterocycles. The van der Waals surface area contributed by atoms with E-state index in [-0.39, 0.29) is 0 Å². The Kier molecular flexibility index (Phi) is 7.40. The molecular weight excluding hydrogens is 332 g/mol. The van der Waals surface area contributed by atoms with Crippen molar-refractivity contribution in [1.29, 1.82) is 0 Å². The molecule has 0 saturated carbocycles. The number of aliphatic hydroxyl groups excluding tert-OH is 1. The van der Waals surface area contributed by atoms with Gasteiger partial charge in [0.1, 0.15) is 0 Å². The second-order valence-corrected chi connectivity index (χ2v) is 7.36. The van der Waals surface area contributed by atoms with Crippen molar-refractivity contribution in [2.75, 3.05) is 19.6 Å². The van der Waals surface area contributed by atoms with Gasteiger partial charge in [-0.1, -0.05) is 29.8 Å². The average molecular weight is 361 g/mol. The smallest absolute Gasteiger partial charge is 0.191 e. The molecule has 2 aromatic rings. The number of nitrogens with one attached hydrogen (secondary N) is 2. The molecular formula is C19H28N4OS. The van der Waals surface area contributed by atoms with E-state index in [0.29, 0.717) is 6.54 Å². The summed E-state index contributed by atoms with van der Waals surface area (Å²) in [5.41, 5.74) is 3.18. The van der Waals surface area contributed by atoms with Crippen LogP contribution in [0.1, 0.15) is 39.7 Å². The molecule has 0 radical (unpaired) electrons. The van der Waals surface area contributed by atoms with Crippen LogP contribution in [0.2, 0.25) is 0 Å². The van der Waals surface area contributed by atoms with Gasteiger partial charge >= 0.3 is 0 Å². The second-order valence-electron chi connectivity index (χ2n) is 6.07. The molecule has 1 heterocycles. The van der Waals surface area contributed by atoms with E-state index < -0.39 is 6.10 Å². The Hall–Kier alpha value is -1.92. The van der Waals surface area contributed by atoms with E-state index in [9.17, 15) is 5.11 Å². The van der Waals surface area contributed by atoms with Gasteiger partial charge < -0.3 is 15.7 Å². The van der Waals surface area contributed by atoms with Crippen LogP contribution >= 0.6 is 11.3 Å². The predicted molar refractivity (Wildman–Crippen MR) is 105 cm³/mol. The quantitative estimate of drug-likeness (QED) is 0.524. The van der Waals surface area contributed by atoms with Crippen LogP contribution in [0.25, 0.3) is 0 Å². The lowest BCUT2D eigenvalue weighted by Crippen LogP contribution is -2.38. The summed E-state index contributed by atoms with van der Waals surface area (Å²) < 4.78 is 0.